The van der Waals surface area contributed by atoms with Crippen molar-refractivity contribution in [3.8, 4) is 0 Å². The van der Waals surface area contributed by atoms with Gasteiger partial charge in [-0.25, -0.2) is 14.6 Å². The zero-order chi connectivity index (χ0) is 13.8. The first-order valence-electron chi connectivity index (χ1n) is 5.15. The van der Waals surface area contributed by atoms with Crippen LogP contribution in [0.1, 0.15) is 20.7 Å². The van der Waals surface area contributed by atoms with Crippen molar-refractivity contribution in [3.63, 3.8) is 0 Å². The molecule has 2 aromatic heterocycles. The lowest BCUT2D eigenvalue weighted by Crippen LogP contribution is -2.15. The van der Waals surface area contributed by atoms with Crippen LogP contribution >= 0.6 is 0 Å². The molecule has 0 atom stereocenters. The molecule has 0 aliphatic rings. The van der Waals surface area contributed by atoms with Crippen LogP contribution in [0.4, 0.5) is 10.1 Å². The SMILES string of the molecule is Nc1cnc(F)cc1C(=O)OC(=O)c1ccncc1. The lowest BCUT2D eigenvalue weighted by molar-refractivity contribution is 0.0398. The summed E-state index contributed by atoms with van der Waals surface area (Å²) in [5, 5.41) is 0. The Morgan fingerprint density at radius 2 is 1.89 bits per heavy atom. The molecule has 0 saturated heterocycles. The van der Waals surface area contributed by atoms with E-state index in [0.717, 1.165) is 12.3 Å². The van der Waals surface area contributed by atoms with Crippen molar-refractivity contribution in [3.05, 3.63) is 53.9 Å². The van der Waals surface area contributed by atoms with Crippen LogP contribution in [0.15, 0.2) is 36.8 Å². The fourth-order valence-electron chi connectivity index (χ4n) is 1.30. The minimum Gasteiger partial charge on any atom is -0.397 e. The van der Waals surface area contributed by atoms with Gasteiger partial charge in [-0.1, -0.05) is 0 Å². The number of anilines is 1. The molecule has 0 amide bonds. The molecule has 0 bridgehead atoms. The summed E-state index contributed by atoms with van der Waals surface area (Å²) in [5.41, 5.74) is 5.27. The van der Waals surface area contributed by atoms with Crippen molar-refractivity contribution in [2.75, 3.05) is 5.73 Å². The zero-order valence-corrected chi connectivity index (χ0v) is 9.54. The Morgan fingerprint density at radius 1 is 1.21 bits per heavy atom. The van der Waals surface area contributed by atoms with Gasteiger partial charge in [-0.2, -0.15) is 4.39 Å². The van der Waals surface area contributed by atoms with Crippen LogP contribution in [0.2, 0.25) is 0 Å². The molecule has 19 heavy (non-hydrogen) atoms. The van der Waals surface area contributed by atoms with E-state index in [0.29, 0.717) is 0 Å². The summed E-state index contributed by atoms with van der Waals surface area (Å²) in [6.45, 7) is 0. The number of carbonyl (C=O) groups is 2. The van der Waals surface area contributed by atoms with E-state index in [1.54, 1.807) is 0 Å². The Kier molecular flexibility index (Phi) is 3.46. The minimum absolute atomic E-state index is 0.0751. The molecule has 2 N–H and O–H groups in total. The van der Waals surface area contributed by atoms with Crippen molar-refractivity contribution >= 4 is 17.6 Å². The number of nitrogen functional groups attached to an aromatic ring is 1. The van der Waals surface area contributed by atoms with Gasteiger partial charge < -0.3 is 10.5 Å². The molecule has 2 heterocycles. The summed E-state index contributed by atoms with van der Waals surface area (Å²) in [6, 6.07) is 3.57. The molecule has 0 saturated carbocycles. The number of aromatic nitrogens is 2. The first-order chi connectivity index (χ1) is 9.08. The van der Waals surface area contributed by atoms with Gasteiger partial charge in [0.2, 0.25) is 5.95 Å². The molecule has 0 radical (unpaired) electrons. The van der Waals surface area contributed by atoms with E-state index in [-0.39, 0.29) is 16.8 Å². The maximum atomic E-state index is 12.9. The molecule has 6 nitrogen and oxygen atoms in total. The molecule has 2 aromatic rings. The largest absolute Gasteiger partial charge is 0.397 e. The summed E-state index contributed by atoms with van der Waals surface area (Å²) in [4.78, 5) is 30.3. The Balaban J connectivity index is 2.18. The molecule has 2 rings (SSSR count). The van der Waals surface area contributed by atoms with Gasteiger partial charge in [0.1, 0.15) is 0 Å². The fraction of sp³-hybridized carbons (Fsp3) is 0. The maximum Gasteiger partial charge on any atom is 0.348 e. The smallest absolute Gasteiger partial charge is 0.348 e. The molecule has 0 aliphatic carbocycles. The second-order valence-electron chi connectivity index (χ2n) is 3.51. The Bertz CT molecular complexity index is 631. The van der Waals surface area contributed by atoms with E-state index in [1.807, 2.05) is 0 Å². The van der Waals surface area contributed by atoms with Crippen LogP contribution in [0.5, 0.6) is 0 Å². The summed E-state index contributed by atoms with van der Waals surface area (Å²) in [5.74, 6) is -2.80. The quantitative estimate of drug-likeness (QED) is 0.495. The Labute approximate surface area is 107 Å². The molecule has 96 valence electrons. The molecule has 0 aromatic carbocycles. The van der Waals surface area contributed by atoms with Gasteiger partial charge in [0.05, 0.1) is 23.0 Å². The van der Waals surface area contributed by atoms with E-state index in [1.165, 1.54) is 24.5 Å². The van der Waals surface area contributed by atoms with Crippen molar-refractivity contribution in [1.29, 1.82) is 0 Å². The Morgan fingerprint density at radius 3 is 2.58 bits per heavy atom. The number of hydrogen-bond donors (Lipinski definition) is 1. The summed E-state index contributed by atoms with van der Waals surface area (Å²) < 4.78 is 17.5. The average Bonchev–Trinajstić information content (AvgIpc) is 2.42. The predicted octanol–water partition coefficient (Wildman–Crippen LogP) is 1.20. The number of pyridine rings is 2. The topological polar surface area (TPSA) is 95.2 Å². The van der Waals surface area contributed by atoms with Gasteiger partial charge in [0, 0.05) is 18.5 Å². The van der Waals surface area contributed by atoms with Gasteiger partial charge in [0.25, 0.3) is 0 Å². The lowest BCUT2D eigenvalue weighted by atomic mass is 10.2. The lowest BCUT2D eigenvalue weighted by Gasteiger charge is -2.05. The van der Waals surface area contributed by atoms with Crippen molar-refractivity contribution < 1.29 is 18.7 Å². The second kappa shape index (κ2) is 5.21. The zero-order valence-electron chi connectivity index (χ0n) is 9.54. The molecule has 0 spiro atoms. The highest BCUT2D eigenvalue weighted by atomic mass is 19.1. The van der Waals surface area contributed by atoms with E-state index in [9.17, 15) is 14.0 Å². The van der Waals surface area contributed by atoms with Gasteiger partial charge >= 0.3 is 11.9 Å². The highest BCUT2D eigenvalue weighted by molar-refractivity contribution is 6.04. The number of ether oxygens (including phenoxy) is 1. The van der Waals surface area contributed by atoms with Crippen LogP contribution in [0, 0.1) is 5.95 Å². The third-order valence-electron chi connectivity index (χ3n) is 2.22. The third kappa shape index (κ3) is 2.89. The van der Waals surface area contributed by atoms with E-state index in [2.05, 4.69) is 14.7 Å². The van der Waals surface area contributed by atoms with Crippen molar-refractivity contribution in [1.82, 2.24) is 9.97 Å². The molecule has 0 aliphatic heterocycles. The third-order valence-corrected chi connectivity index (χ3v) is 2.22. The summed E-state index contributed by atoms with van der Waals surface area (Å²) in [7, 11) is 0. The highest BCUT2D eigenvalue weighted by Crippen LogP contribution is 2.13. The minimum atomic E-state index is -1.04. The summed E-state index contributed by atoms with van der Waals surface area (Å²) in [6.07, 6.45) is 3.73. The number of halogens is 1. The van der Waals surface area contributed by atoms with Crippen LogP contribution < -0.4 is 5.73 Å². The van der Waals surface area contributed by atoms with Gasteiger partial charge in [0.15, 0.2) is 0 Å². The van der Waals surface area contributed by atoms with Crippen molar-refractivity contribution in [2.45, 2.75) is 0 Å². The monoisotopic (exact) mass is 261 g/mol. The van der Waals surface area contributed by atoms with E-state index in [4.69, 9.17) is 5.73 Å². The average molecular weight is 261 g/mol. The second-order valence-corrected chi connectivity index (χ2v) is 3.51. The standard InChI is InChI=1S/C12H8FN3O3/c13-10-5-8(9(14)6-16-10)12(18)19-11(17)7-1-3-15-4-2-7/h1-6H,14H2. The van der Waals surface area contributed by atoms with Crippen LogP contribution in [-0.2, 0) is 4.74 Å². The number of nitrogens with zero attached hydrogens (tertiary/aromatic N) is 2. The molecular formula is C12H8FN3O3. The predicted molar refractivity (Wildman–Crippen MR) is 62.6 cm³/mol. The van der Waals surface area contributed by atoms with Crippen LogP contribution in [-0.4, -0.2) is 21.9 Å². The number of carbonyl (C=O) groups excluding carboxylic acids is 2. The van der Waals surface area contributed by atoms with Gasteiger partial charge in [-0.3, -0.25) is 4.98 Å². The van der Waals surface area contributed by atoms with Crippen molar-refractivity contribution in [2.24, 2.45) is 0 Å². The number of nitrogens with two attached hydrogens (primary N) is 1. The first-order valence-corrected chi connectivity index (χ1v) is 5.15. The maximum absolute atomic E-state index is 12.9. The number of hydrogen-bond acceptors (Lipinski definition) is 6. The normalized spacial score (nSPS) is 9.95. The molecule has 0 fully saturated rings. The fourth-order valence-corrected chi connectivity index (χ4v) is 1.30. The van der Waals surface area contributed by atoms with E-state index >= 15 is 0 Å². The molecule has 7 heteroatoms. The number of esters is 2. The van der Waals surface area contributed by atoms with Crippen LogP contribution in [0.3, 0.4) is 0 Å². The molecule has 0 unspecified atom stereocenters. The Hall–Kier alpha value is -2.83. The summed E-state index contributed by atoms with van der Waals surface area (Å²) >= 11 is 0. The first kappa shape index (κ1) is 12.6. The van der Waals surface area contributed by atoms with E-state index < -0.39 is 17.9 Å². The number of rotatable bonds is 2. The molecular weight excluding hydrogens is 253 g/mol. The van der Waals surface area contributed by atoms with Crippen LogP contribution in [0.25, 0.3) is 0 Å². The highest BCUT2D eigenvalue weighted by Gasteiger charge is 2.18. The van der Waals surface area contributed by atoms with Gasteiger partial charge in [-0.05, 0) is 12.1 Å². The van der Waals surface area contributed by atoms with Gasteiger partial charge in [-0.15, -0.1) is 0 Å².